The van der Waals surface area contributed by atoms with Gasteiger partial charge in [0.25, 0.3) is 5.56 Å². The highest BCUT2D eigenvalue weighted by Crippen LogP contribution is 2.26. The number of hydrogen-bond acceptors (Lipinski definition) is 3. The van der Waals surface area contributed by atoms with Gasteiger partial charge in [0.05, 0.1) is 5.69 Å². The highest BCUT2D eigenvalue weighted by molar-refractivity contribution is 5.78. The molecule has 0 saturated carbocycles. The highest BCUT2D eigenvalue weighted by Gasteiger charge is 2.20. The molecule has 7 nitrogen and oxygen atoms in total. The summed E-state index contributed by atoms with van der Waals surface area (Å²) < 4.78 is 6.50. The summed E-state index contributed by atoms with van der Waals surface area (Å²) in [6, 6.07) is 18.6. The molecular weight excluding hydrogens is 390 g/mol. The number of nitrogens with zero attached hydrogens (tertiary/aromatic N) is 5. The van der Waals surface area contributed by atoms with Crippen molar-refractivity contribution in [2.24, 2.45) is 14.1 Å². The standard InChI is InChI=1S/C24H23N5O2/c1-16-9-11-18(12-10-16)19-15-29-20-21(26(2)24(31)27(3)22(20)30)25-23(29)28(19)14-13-17-7-5-4-6-8-17/h4-12,15H,13-14H2,1-3H3. The second kappa shape index (κ2) is 7.12. The summed E-state index contributed by atoms with van der Waals surface area (Å²) in [6.07, 6.45) is 2.77. The third-order valence-electron chi connectivity index (χ3n) is 5.87. The van der Waals surface area contributed by atoms with E-state index in [1.54, 1.807) is 7.05 Å². The minimum absolute atomic E-state index is 0.346. The van der Waals surface area contributed by atoms with Crippen LogP contribution in [-0.4, -0.2) is 23.1 Å². The molecule has 2 aromatic carbocycles. The van der Waals surface area contributed by atoms with Gasteiger partial charge in [0.2, 0.25) is 5.78 Å². The quantitative estimate of drug-likeness (QED) is 0.455. The number of aryl methyl sites for hydroxylation is 4. The number of aromatic nitrogens is 5. The predicted molar refractivity (Wildman–Crippen MR) is 121 cm³/mol. The fourth-order valence-electron chi connectivity index (χ4n) is 4.08. The van der Waals surface area contributed by atoms with Crippen molar-refractivity contribution in [1.29, 1.82) is 0 Å². The van der Waals surface area contributed by atoms with Crippen LogP contribution in [0.25, 0.3) is 28.2 Å². The molecule has 0 radical (unpaired) electrons. The summed E-state index contributed by atoms with van der Waals surface area (Å²) in [5.41, 5.74) is 4.52. The van der Waals surface area contributed by atoms with Crippen molar-refractivity contribution in [2.75, 3.05) is 0 Å². The lowest BCUT2D eigenvalue weighted by Crippen LogP contribution is -2.37. The molecule has 7 heteroatoms. The molecule has 0 fully saturated rings. The van der Waals surface area contributed by atoms with Crippen LogP contribution < -0.4 is 11.2 Å². The van der Waals surface area contributed by atoms with E-state index in [-0.39, 0.29) is 11.2 Å². The predicted octanol–water partition coefficient (Wildman–Crippen LogP) is 2.90. The Kier molecular flexibility index (Phi) is 4.39. The average Bonchev–Trinajstić information content (AvgIpc) is 3.32. The minimum Gasteiger partial charge on any atom is -0.309 e. The van der Waals surface area contributed by atoms with E-state index in [0.29, 0.717) is 23.5 Å². The Morgan fingerprint density at radius 3 is 2.32 bits per heavy atom. The van der Waals surface area contributed by atoms with Gasteiger partial charge in [-0.05, 0) is 24.5 Å². The third-order valence-corrected chi connectivity index (χ3v) is 5.87. The number of rotatable bonds is 4. The fraction of sp³-hybridized carbons (Fsp3) is 0.208. The van der Waals surface area contributed by atoms with Crippen LogP contribution in [0.1, 0.15) is 11.1 Å². The number of benzene rings is 2. The van der Waals surface area contributed by atoms with Gasteiger partial charge in [-0.15, -0.1) is 0 Å². The summed E-state index contributed by atoms with van der Waals surface area (Å²) in [5, 5.41) is 0. The zero-order valence-electron chi connectivity index (χ0n) is 17.7. The molecular formula is C24H23N5O2. The van der Waals surface area contributed by atoms with Crippen LogP contribution in [0.5, 0.6) is 0 Å². The molecule has 156 valence electrons. The molecule has 0 unspecified atom stereocenters. The van der Waals surface area contributed by atoms with Crippen LogP contribution in [0.2, 0.25) is 0 Å². The largest absolute Gasteiger partial charge is 0.332 e. The Morgan fingerprint density at radius 2 is 1.61 bits per heavy atom. The first-order valence-electron chi connectivity index (χ1n) is 10.2. The molecule has 0 amide bonds. The van der Waals surface area contributed by atoms with Crippen molar-refractivity contribution in [3.63, 3.8) is 0 Å². The van der Waals surface area contributed by atoms with Crippen LogP contribution in [-0.2, 0) is 27.1 Å². The van der Waals surface area contributed by atoms with Crippen LogP contribution in [0.4, 0.5) is 0 Å². The molecule has 0 aliphatic heterocycles. The maximum absolute atomic E-state index is 12.9. The van der Waals surface area contributed by atoms with Gasteiger partial charge in [-0.1, -0.05) is 60.2 Å². The molecule has 0 N–H and O–H groups in total. The van der Waals surface area contributed by atoms with E-state index in [0.717, 1.165) is 22.2 Å². The lowest BCUT2D eigenvalue weighted by Gasteiger charge is -2.09. The molecule has 31 heavy (non-hydrogen) atoms. The lowest BCUT2D eigenvalue weighted by molar-refractivity contribution is 0.706. The Labute approximate surface area is 178 Å². The molecule has 0 atom stereocenters. The zero-order chi connectivity index (χ0) is 21.7. The summed E-state index contributed by atoms with van der Waals surface area (Å²) in [6.45, 7) is 2.75. The first-order chi connectivity index (χ1) is 15.0. The van der Waals surface area contributed by atoms with Gasteiger partial charge in [0, 0.05) is 26.8 Å². The highest BCUT2D eigenvalue weighted by atomic mass is 16.2. The second-order valence-electron chi connectivity index (χ2n) is 7.93. The molecule has 0 saturated heterocycles. The van der Waals surface area contributed by atoms with E-state index in [1.807, 2.05) is 28.8 Å². The van der Waals surface area contributed by atoms with Crippen molar-refractivity contribution in [1.82, 2.24) is 23.1 Å². The van der Waals surface area contributed by atoms with Gasteiger partial charge in [0.15, 0.2) is 11.2 Å². The van der Waals surface area contributed by atoms with E-state index in [9.17, 15) is 9.59 Å². The Morgan fingerprint density at radius 1 is 0.903 bits per heavy atom. The van der Waals surface area contributed by atoms with Gasteiger partial charge in [-0.2, -0.15) is 4.98 Å². The zero-order valence-corrected chi connectivity index (χ0v) is 17.7. The lowest BCUT2D eigenvalue weighted by atomic mass is 10.1. The summed E-state index contributed by atoms with van der Waals surface area (Å²) in [5.74, 6) is 0.653. The summed E-state index contributed by atoms with van der Waals surface area (Å²) >= 11 is 0. The van der Waals surface area contributed by atoms with E-state index >= 15 is 0 Å². The smallest absolute Gasteiger partial charge is 0.309 e. The van der Waals surface area contributed by atoms with E-state index in [2.05, 4.69) is 47.9 Å². The van der Waals surface area contributed by atoms with Crippen molar-refractivity contribution in [2.45, 2.75) is 19.9 Å². The first-order valence-corrected chi connectivity index (χ1v) is 10.2. The van der Waals surface area contributed by atoms with Gasteiger partial charge >= 0.3 is 5.69 Å². The Hall–Kier alpha value is -3.87. The molecule has 0 bridgehead atoms. The topological polar surface area (TPSA) is 66.2 Å². The normalized spacial score (nSPS) is 11.6. The van der Waals surface area contributed by atoms with Crippen LogP contribution in [0, 0.1) is 6.92 Å². The number of fused-ring (bicyclic) bond motifs is 3. The van der Waals surface area contributed by atoms with Gasteiger partial charge in [0.1, 0.15) is 0 Å². The fourth-order valence-corrected chi connectivity index (χ4v) is 4.08. The number of hydrogen-bond donors (Lipinski definition) is 0. The Bertz CT molecular complexity index is 1530. The molecule has 3 aromatic heterocycles. The molecule has 0 aliphatic carbocycles. The molecule has 0 spiro atoms. The molecule has 0 aliphatic rings. The van der Waals surface area contributed by atoms with Gasteiger partial charge < -0.3 is 4.57 Å². The van der Waals surface area contributed by atoms with E-state index in [1.165, 1.54) is 22.7 Å². The second-order valence-corrected chi connectivity index (χ2v) is 7.93. The molecule has 5 rings (SSSR count). The molecule has 5 aromatic rings. The Balaban J connectivity index is 1.77. The summed E-state index contributed by atoms with van der Waals surface area (Å²) in [4.78, 5) is 30.1. The van der Waals surface area contributed by atoms with Crippen molar-refractivity contribution >= 4 is 16.9 Å². The monoisotopic (exact) mass is 413 g/mol. The van der Waals surface area contributed by atoms with Crippen molar-refractivity contribution < 1.29 is 0 Å². The number of imidazole rings is 2. The maximum atomic E-state index is 12.9. The van der Waals surface area contributed by atoms with Crippen LogP contribution in [0.3, 0.4) is 0 Å². The summed E-state index contributed by atoms with van der Waals surface area (Å²) in [7, 11) is 3.14. The van der Waals surface area contributed by atoms with Crippen LogP contribution in [0.15, 0.2) is 70.4 Å². The van der Waals surface area contributed by atoms with Crippen molar-refractivity contribution in [3.05, 3.63) is 92.8 Å². The van der Waals surface area contributed by atoms with E-state index in [4.69, 9.17) is 4.98 Å². The minimum atomic E-state index is -0.382. The van der Waals surface area contributed by atoms with Gasteiger partial charge in [-0.3, -0.25) is 18.3 Å². The first kappa shape index (κ1) is 19.1. The SMILES string of the molecule is Cc1ccc(-c2cn3c4c(=O)n(C)c(=O)n(C)c4nc3n2CCc2ccccc2)cc1. The van der Waals surface area contributed by atoms with Gasteiger partial charge in [-0.25, -0.2) is 4.79 Å². The third kappa shape index (κ3) is 3.01. The maximum Gasteiger partial charge on any atom is 0.332 e. The molecule has 3 heterocycles. The average molecular weight is 413 g/mol. The van der Waals surface area contributed by atoms with Crippen molar-refractivity contribution in [3.8, 4) is 11.3 Å². The van der Waals surface area contributed by atoms with E-state index < -0.39 is 0 Å². The van der Waals surface area contributed by atoms with Crippen LogP contribution >= 0.6 is 0 Å².